The van der Waals surface area contributed by atoms with Gasteiger partial charge in [-0.3, -0.25) is 4.79 Å². The first-order valence-corrected chi connectivity index (χ1v) is 7.66. The molecule has 0 aromatic carbocycles. The maximum Gasteiger partial charge on any atom is 0.332 e. The minimum absolute atomic E-state index is 0.0894. The van der Waals surface area contributed by atoms with Gasteiger partial charge in [-0.05, 0) is 12.8 Å². The van der Waals surface area contributed by atoms with Crippen LogP contribution in [-0.4, -0.2) is 56.2 Å². The quantitative estimate of drug-likeness (QED) is 0.656. The van der Waals surface area contributed by atoms with E-state index in [1.165, 1.54) is 0 Å². The number of carbonyl (C=O) groups excluding carboxylic acids is 1. The Morgan fingerprint density at radius 3 is 2.56 bits per heavy atom. The van der Waals surface area contributed by atoms with E-state index in [0.717, 1.165) is 6.26 Å². The Kier molecular flexibility index (Phi) is 5.09. The molecular formula is C10H17NO6S. The highest BCUT2D eigenvalue weighted by molar-refractivity contribution is 7.90. The molecule has 1 fully saturated rings. The van der Waals surface area contributed by atoms with Crippen LogP contribution in [-0.2, 0) is 24.2 Å². The maximum absolute atomic E-state index is 11.3. The summed E-state index contributed by atoms with van der Waals surface area (Å²) in [6.45, 7) is 0.215. The molecule has 2 atom stereocenters. The molecule has 7 nitrogen and oxygen atoms in total. The summed E-state index contributed by atoms with van der Waals surface area (Å²) >= 11 is 0. The number of rotatable bonds is 6. The lowest BCUT2D eigenvalue weighted by Gasteiger charge is -2.12. The SMILES string of the molecule is CS(=O)(=O)CCC(=O)NCC1CCC(C(=O)O)O1. The third kappa shape index (κ3) is 5.46. The van der Waals surface area contributed by atoms with Crippen LogP contribution < -0.4 is 5.32 Å². The average molecular weight is 279 g/mol. The van der Waals surface area contributed by atoms with Gasteiger partial charge in [-0.15, -0.1) is 0 Å². The van der Waals surface area contributed by atoms with Gasteiger partial charge in [0.15, 0.2) is 6.10 Å². The van der Waals surface area contributed by atoms with E-state index >= 15 is 0 Å². The van der Waals surface area contributed by atoms with Gasteiger partial charge in [0.25, 0.3) is 0 Å². The third-order valence-corrected chi connectivity index (χ3v) is 3.56. The number of ether oxygens (including phenoxy) is 1. The molecule has 0 radical (unpaired) electrons. The highest BCUT2D eigenvalue weighted by Crippen LogP contribution is 2.19. The minimum atomic E-state index is -3.15. The molecule has 0 bridgehead atoms. The van der Waals surface area contributed by atoms with E-state index in [2.05, 4.69) is 5.32 Å². The van der Waals surface area contributed by atoms with E-state index in [-0.39, 0.29) is 30.7 Å². The Labute approximate surface area is 105 Å². The summed E-state index contributed by atoms with van der Waals surface area (Å²) < 4.78 is 26.9. The smallest absolute Gasteiger partial charge is 0.332 e. The molecule has 0 spiro atoms. The number of nitrogens with one attached hydrogen (secondary N) is 1. The highest BCUT2D eigenvalue weighted by Gasteiger charge is 2.30. The second-order valence-corrected chi connectivity index (χ2v) is 6.61. The van der Waals surface area contributed by atoms with Gasteiger partial charge in [-0.25, -0.2) is 13.2 Å². The van der Waals surface area contributed by atoms with Gasteiger partial charge in [0.1, 0.15) is 9.84 Å². The van der Waals surface area contributed by atoms with Gasteiger partial charge in [0.05, 0.1) is 11.9 Å². The zero-order valence-electron chi connectivity index (χ0n) is 10.1. The van der Waals surface area contributed by atoms with E-state index in [1.54, 1.807) is 0 Å². The highest BCUT2D eigenvalue weighted by atomic mass is 32.2. The Balaban J connectivity index is 2.22. The molecule has 0 aromatic rings. The molecule has 2 N–H and O–H groups in total. The van der Waals surface area contributed by atoms with Gasteiger partial charge in [0, 0.05) is 19.2 Å². The van der Waals surface area contributed by atoms with Gasteiger partial charge >= 0.3 is 5.97 Å². The van der Waals surface area contributed by atoms with Crippen molar-refractivity contribution in [2.75, 3.05) is 18.6 Å². The molecule has 0 aliphatic carbocycles. The number of amides is 1. The molecule has 104 valence electrons. The van der Waals surface area contributed by atoms with Gasteiger partial charge in [-0.2, -0.15) is 0 Å². The topological polar surface area (TPSA) is 110 Å². The van der Waals surface area contributed by atoms with E-state index in [4.69, 9.17) is 9.84 Å². The van der Waals surface area contributed by atoms with Crippen molar-refractivity contribution in [3.63, 3.8) is 0 Å². The molecule has 18 heavy (non-hydrogen) atoms. The zero-order valence-corrected chi connectivity index (χ0v) is 10.9. The summed E-state index contributed by atoms with van der Waals surface area (Å²) in [4.78, 5) is 21.9. The average Bonchev–Trinajstić information content (AvgIpc) is 2.71. The number of carbonyl (C=O) groups is 2. The lowest BCUT2D eigenvalue weighted by atomic mass is 10.2. The van der Waals surface area contributed by atoms with Crippen molar-refractivity contribution >= 4 is 21.7 Å². The molecule has 8 heteroatoms. The van der Waals surface area contributed by atoms with Crippen LogP contribution in [0.3, 0.4) is 0 Å². The second-order valence-electron chi connectivity index (χ2n) is 4.35. The first-order chi connectivity index (χ1) is 8.28. The largest absolute Gasteiger partial charge is 0.479 e. The predicted molar refractivity (Wildman–Crippen MR) is 62.9 cm³/mol. The lowest BCUT2D eigenvalue weighted by molar-refractivity contribution is -0.149. The van der Waals surface area contributed by atoms with E-state index in [9.17, 15) is 18.0 Å². The van der Waals surface area contributed by atoms with Crippen LogP contribution in [0.4, 0.5) is 0 Å². The molecule has 1 aliphatic rings. The van der Waals surface area contributed by atoms with Crippen LogP contribution in [0, 0.1) is 0 Å². The Morgan fingerprint density at radius 2 is 2.06 bits per heavy atom. The van der Waals surface area contributed by atoms with Gasteiger partial charge < -0.3 is 15.2 Å². The van der Waals surface area contributed by atoms with Crippen LogP contribution >= 0.6 is 0 Å². The maximum atomic E-state index is 11.3. The number of sulfone groups is 1. The van der Waals surface area contributed by atoms with Crippen molar-refractivity contribution in [2.24, 2.45) is 0 Å². The van der Waals surface area contributed by atoms with Crippen molar-refractivity contribution in [3.05, 3.63) is 0 Å². The van der Waals surface area contributed by atoms with Crippen molar-refractivity contribution in [1.29, 1.82) is 0 Å². The second kappa shape index (κ2) is 6.14. The summed E-state index contributed by atoms with van der Waals surface area (Å²) in [6, 6.07) is 0. The fourth-order valence-corrected chi connectivity index (χ4v) is 2.19. The molecule has 1 heterocycles. The summed E-state index contributed by atoms with van der Waals surface area (Å²) in [5, 5.41) is 11.2. The number of hydrogen-bond acceptors (Lipinski definition) is 5. The standard InChI is InChI=1S/C10H17NO6S/c1-18(15,16)5-4-9(12)11-6-7-2-3-8(17-7)10(13)14/h7-8H,2-6H2,1H3,(H,11,12)(H,13,14). The van der Waals surface area contributed by atoms with Crippen LogP contribution in [0.1, 0.15) is 19.3 Å². The minimum Gasteiger partial charge on any atom is -0.479 e. The Morgan fingerprint density at radius 1 is 1.39 bits per heavy atom. The molecule has 1 aliphatic heterocycles. The number of carboxylic acids is 1. The summed E-state index contributed by atoms with van der Waals surface area (Å²) in [7, 11) is -3.15. The number of hydrogen-bond donors (Lipinski definition) is 2. The fraction of sp³-hybridized carbons (Fsp3) is 0.800. The van der Waals surface area contributed by atoms with Crippen LogP contribution in [0.5, 0.6) is 0 Å². The van der Waals surface area contributed by atoms with E-state index < -0.39 is 21.9 Å². The normalized spacial score (nSPS) is 23.8. The predicted octanol–water partition coefficient (Wildman–Crippen LogP) is -0.830. The van der Waals surface area contributed by atoms with Crippen molar-refractivity contribution < 1.29 is 27.9 Å². The number of aliphatic carboxylic acids is 1. The summed E-state index contributed by atoms with van der Waals surface area (Å²) in [5.41, 5.74) is 0. The van der Waals surface area contributed by atoms with Crippen molar-refractivity contribution in [2.45, 2.75) is 31.5 Å². The molecule has 1 amide bonds. The molecule has 1 rings (SSSR count). The zero-order chi connectivity index (χ0) is 13.8. The van der Waals surface area contributed by atoms with Crippen LogP contribution in [0.15, 0.2) is 0 Å². The van der Waals surface area contributed by atoms with Crippen LogP contribution in [0.25, 0.3) is 0 Å². The van der Waals surface area contributed by atoms with Gasteiger partial charge in [-0.1, -0.05) is 0 Å². The molecule has 0 aromatic heterocycles. The van der Waals surface area contributed by atoms with Crippen molar-refractivity contribution in [1.82, 2.24) is 5.32 Å². The first kappa shape index (κ1) is 14.9. The third-order valence-electron chi connectivity index (χ3n) is 2.61. The monoisotopic (exact) mass is 279 g/mol. The fourth-order valence-electron chi connectivity index (χ4n) is 1.63. The van der Waals surface area contributed by atoms with Crippen LogP contribution in [0.2, 0.25) is 0 Å². The van der Waals surface area contributed by atoms with E-state index in [1.807, 2.05) is 0 Å². The first-order valence-electron chi connectivity index (χ1n) is 5.60. The Bertz CT molecular complexity index is 418. The molecule has 0 saturated carbocycles. The molecule has 1 saturated heterocycles. The van der Waals surface area contributed by atoms with E-state index in [0.29, 0.717) is 12.8 Å². The molecule has 2 unspecified atom stereocenters. The summed E-state index contributed by atoms with van der Waals surface area (Å²) in [5.74, 6) is -1.56. The summed E-state index contributed by atoms with van der Waals surface area (Å²) in [6.07, 6.45) is 0.866. The van der Waals surface area contributed by atoms with Crippen molar-refractivity contribution in [3.8, 4) is 0 Å². The lowest BCUT2D eigenvalue weighted by Crippen LogP contribution is -2.33. The van der Waals surface area contributed by atoms with Gasteiger partial charge in [0.2, 0.25) is 5.91 Å². The number of carboxylic acid groups (broad SMARTS) is 1. The Hall–Kier alpha value is -1.15. The molecular weight excluding hydrogens is 262 g/mol.